The number of hydrogen-bond donors (Lipinski definition) is 1. The summed E-state index contributed by atoms with van der Waals surface area (Å²) in [6.45, 7) is 8.60. The molecule has 1 aromatic heterocycles. The molecule has 0 aliphatic rings. The summed E-state index contributed by atoms with van der Waals surface area (Å²) in [5.41, 5.74) is -0.369. The van der Waals surface area contributed by atoms with Crippen LogP contribution in [0.5, 0.6) is 0 Å². The number of aromatic amines is 1. The monoisotopic (exact) mass is 268 g/mol. The largest absolute Gasteiger partial charge is 0.460 e. The third kappa shape index (κ3) is 4.08. The fourth-order valence-electron chi connectivity index (χ4n) is 1.54. The number of esters is 1. The highest BCUT2D eigenvalue weighted by atomic mass is 16.6. The quantitative estimate of drug-likeness (QED) is 0.825. The molecular formula is C13H20N2O4. The number of carbonyl (C=O) groups is 1. The van der Waals surface area contributed by atoms with E-state index in [0.29, 0.717) is 11.1 Å². The molecule has 19 heavy (non-hydrogen) atoms. The number of hydrogen-bond acceptors (Lipinski definition) is 4. The molecule has 0 aliphatic carbocycles. The topological polar surface area (TPSA) is 81.2 Å². The van der Waals surface area contributed by atoms with Crippen LogP contribution in [0.1, 0.15) is 38.3 Å². The van der Waals surface area contributed by atoms with Crippen molar-refractivity contribution in [1.82, 2.24) is 9.78 Å². The number of nitrogens with zero attached hydrogens (tertiary/aromatic N) is 1. The van der Waals surface area contributed by atoms with Crippen LogP contribution in [0.2, 0.25) is 0 Å². The van der Waals surface area contributed by atoms with E-state index < -0.39 is 11.6 Å². The van der Waals surface area contributed by atoms with E-state index in [2.05, 4.69) is 5.10 Å². The lowest BCUT2D eigenvalue weighted by Crippen LogP contribution is -2.34. The molecule has 106 valence electrons. The van der Waals surface area contributed by atoms with E-state index in [9.17, 15) is 14.4 Å². The normalized spacial score (nSPS) is 11.4. The van der Waals surface area contributed by atoms with Crippen LogP contribution in [0.25, 0.3) is 0 Å². The Kier molecular flexibility index (Phi) is 4.34. The second kappa shape index (κ2) is 5.42. The highest BCUT2D eigenvalue weighted by Gasteiger charge is 2.16. The van der Waals surface area contributed by atoms with Crippen molar-refractivity contribution in [2.75, 3.05) is 0 Å². The lowest BCUT2D eigenvalue weighted by molar-refractivity contribution is -0.155. The zero-order valence-electron chi connectivity index (χ0n) is 12.0. The SMILES string of the molecule is Cc1c(C)c(=O)n(CCC(=O)OC(C)(C)C)[nH]c1=O. The van der Waals surface area contributed by atoms with Crippen LogP contribution in [0.15, 0.2) is 9.59 Å². The Hall–Kier alpha value is -1.85. The fourth-order valence-corrected chi connectivity index (χ4v) is 1.54. The first-order valence-electron chi connectivity index (χ1n) is 6.14. The number of carbonyl (C=O) groups excluding carboxylic acids is 1. The van der Waals surface area contributed by atoms with Gasteiger partial charge >= 0.3 is 5.97 Å². The van der Waals surface area contributed by atoms with Gasteiger partial charge in [0.1, 0.15) is 5.60 Å². The Bertz CT molecular complexity index is 590. The smallest absolute Gasteiger partial charge is 0.308 e. The van der Waals surface area contributed by atoms with Crippen LogP contribution >= 0.6 is 0 Å². The number of nitrogens with one attached hydrogen (secondary N) is 1. The second-order valence-electron chi connectivity index (χ2n) is 5.48. The van der Waals surface area contributed by atoms with Crippen LogP contribution in [-0.2, 0) is 16.1 Å². The first-order valence-corrected chi connectivity index (χ1v) is 6.14. The summed E-state index contributed by atoms with van der Waals surface area (Å²) in [4.78, 5) is 35.0. The van der Waals surface area contributed by atoms with Crippen LogP contribution in [0, 0.1) is 13.8 Å². The molecule has 0 amide bonds. The molecule has 0 saturated carbocycles. The average molecular weight is 268 g/mol. The number of rotatable bonds is 3. The lowest BCUT2D eigenvalue weighted by Gasteiger charge is -2.19. The molecule has 0 unspecified atom stereocenters. The van der Waals surface area contributed by atoms with Crippen molar-refractivity contribution in [2.45, 2.75) is 53.2 Å². The van der Waals surface area contributed by atoms with Gasteiger partial charge in [0.2, 0.25) is 0 Å². The lowest BCUT2D eigenvalue weighted by atomic mass is 10.2. The Morgan fingerprint density at radius 2 is 1.79 bits per heavy atom. The van der Waals surface area contributed by atoms with Crippen LogP contribution in [0.4, 0.5) is 0 Å². The summed E-state index contributed by atoms with van der Waals surface area (Å²) >= 11 is 0. The van der Waals surface area contributed by atoms with Crippen molar-refractivity contribution in [1.29, 1.82) is 0 Å². The summed E-state index contributed by atoms with van der Waals surface area (Å²) in [6, 6.07) is 0. The minimum atomic E-state index is -0.557. The van der Waals surface area contributed by atoms with Gasteiger partial charge in [-0.1, -0.05) is 0 Å². The first kappa shape index (κ1) is 15.2. The Labute approximate surface area is 111 Å². The third-order valence-electron chi connectivity index (χ3n) is 2.67. The zero-order chi connectivity index (χ0) is 14.8. The van der Waals surface area contributed by atoms with Crippen molar-refractivity contribution in [3.63, 3.8) is 0 Å². The second-order valence-corrected chi connectivity index (χ2v) is 5.48. The van der Waals surface area contributed by atoms with Gasteiger partial charge in [-0.25, -0.2) is 4.68 Å². The molecule has 0 atom stereocenters. The number of ether oxygens (including phenoxy) is 1. The van der Waals surface area contributed by atoms with Crippen molar-refractivity contribution in [3.05, 3.63) is 31.8 Å². The molecule has 1 rings (SSSR count). The Morgan fingerprint density at radius 1 is 1.21 bits per heavy atom. The van der Waals surface area contributed by atoms with Crippen molar-refractivity contribution in [3.8, 4) is 0 Å². The zero-order valence-corrected chi connectivity index (χ0v) is 12.0. The van der Waals surface area contributed by atoms with Crippen molar-refractivity contribution >= 4 is 5.97 Å². The van der Waals surface area contributed by atoms with E-state index >= 15 is 0 Å². The van der Waals surface area contributed by atoms with Crippen LogP contribution in [-0.4, -0.2) is 21.4 Å². The van der Waals surface area contributed by atoms with Crippen LogP contribution < -0.4 is 11.1 Å². The summed E-state index contributed by atoms with van der Waals surface area (Å²) < 4.78 is 6.28. The molecule has 0 aromatic carbocycles. The Morgan fingerprint density at radius 3 is 2.32 bits per heavy atom. The predicted octanol–water partition coefficient (Wildman–Crippen LogP) is 0.885. The molecule has 0 saturated heterocycles. The summed E-state index contributed by atoms with van der Waals surface area (Å²) in [6.07, 6.45) is 0.0373. The Balaban J connectivity index is 2.83. The predicted molar refractivity (Wildman–Crippen MR) is 71.3 cm³/mol. The summed E-state index contributed by atoms with van der Waals surface area (Å²) in [5.74, 6) is -0.404. The maximum atomic E-state index is 11.9. The first-order chi connectivity index (χ1) is 8.61. The van der Waals surface area contributed by atoms with E-state index in [1.807, 2.05) is 0 Å². The molecule has 0 aliphatic heterocycles. The molecular weight excluding hydrogens is 248 g/mol. The standard InChI is InChI=1S/C13H20N2O4/c1-8-9(2)12(18)15(14-11(8)17)7-6-10(16)19-13(3,4)5/h6-7H2,1-5H3,(H,14,17). The molecule has 0 bridgehead atoms. The van der Waals surface area contributed by atoms with Gasteiger partial charge in [-0.05, 0) is 34.6 Å². The van der Waals surface area contributed by atoms with E-state index in [0.717, 1.165) is 4.68 Å². The molecule has 1 N–H and O–H groups in total. The minimum absolute atomic E-state index is 0.0373. The van der Waals surface area contributed by atoms with Gasteiger partial charge in [0, 0.05) is 11.1 Å². The average Bonchev–Trinajstić information content (AvgIpc) is 2.27. The van der Waals surface area contributed by atoms with Gasteiger partial charge in [-0.3, -0.25) is 19.5 Å². The third-order valence-corrected chi connectivity index (χ3v) is 2.67. The van der Waals surface area contributed by atoms with Gasteiger partial charge in [0.05, 0.1) is 13.0 Å². The molecule has 0 radical (unpaired) electrons. The summed E-state index contributed by atoms with van der Waals surface area (Å²) in [7, 11) is 0. The van der Waals surface area contributed by atoms with E-state index in [-0.39, 0.29) is 24.1 Å². The van der Waals surface area contributed by atoms with Gasteiger partial charge in [0.15, 0.2) is 0 Å². The van der Waals surface area contributed by atoms with Gasteiger partial charge < -0.3 is 4.74 Å². The molecule has 6 nitrogen and oxygen atoms in total. The molecule has 0 fully saturated rings. The van der Waals surface area contributed by atoms with Gasteiger partial charge in [-0.15, -0.1) is 0 Å². The molecule has 1 heterocycles. The van der Waals surface area contributed by atoms with E-state index in [1.165, 1.54) is 0 Å². The van der Waals surface area contributed by atoms with Crippen molar-refractivity contribution < 1.29 is 9.53 Å². The molecule has 1 aromatic rings. The highest BCUT2D eigenvalue weighted by molar-refractivity contribution is 5.69. The van der Waals surface area contributed by atoms with Crippen LogP contribution in [0.3, 0.4) is 0 Å². The maximum Gasteiger partial charge on any atom is 0.308 e. The molecule has 6 heteroatoms. The van der Waals surface area contributed by atoms with E-state index in [1.54, 1.807) is 34.6 Å². The maximum absolute atomic E-state index is 11.9. The number of aromatic nitrogens is 2. The number of H-pyrrole nitrogens is 1. The minimum Gasteiger partial charge on any atom is -0.460 e. The summed E-state index contributed by atoms with van der Waals surface area (Å²) in [5, 5.41) is 2.44. The van der Waals surface area contributed by atoms with Gasteiger partial charge in [-0.2, -0.15) is 0 Å². The van der Waals surface area contributed by atoms with Gasteiger partial charge in [0.25, 0.3) is 11.1 Å². The molecule has 0 spiro atoms. The number of aryl methyl sites for hydroxylation is 1. The van der Waals surface area contributed by atoms with E-state index in [4.69, 9.17) is 4.74 Å². The fraction of sp³-hybridized carbons (Fsp3) is 0.615. The highest BCUT2D eigenvalue weighted by Crippen LogP contribution is 2.08. The van der Waals surface area contributed by atoms with Crippen molar-refractivity contribution in [2.24, 2.45) is 0 Å².